The summed E-state index contributed by atoms with van der Waals surface area (Å²) in [4.78, 5) is 16.6. The Bertz CT molecular complexity index is 938. The van der Waals surface area contributed by atoms with Gasteiger partial charge in [0, 0.05) is 16.0 Å². The average molecular weight is 341 g/mol. The minimum Gasteiger partial charge on any atom is -0.494 e. The molecule has 0 saturated heterocycles. The normalized spacial score (nSPS) is 10.8. The van der Waals surface area contributed by atoms with Crippen molar-refractivity contribution in [3.63, 3.8) is 0 Å². The van der Waals surface area contributed by atoms with Gasteiger partial charge in [-0.2, -0.15) is 0 Å². The molecule has 3 aromatic rings. The van der Waals surface area contributed by atoms with Crippen LogP contribution in [0.15, 0.2) is 42.5 Å². The lowest BCUT2D eigenvalue weighted by Crippen LogP contribution is -2.12. The van der Waals surface area contributed by atoms with Gasteiger partial charge in [0.15, 0.2) is 0 Å². The van der Waals surface area contributed by atoms with E-state index in [4.69, 9.17) is 27.1 Å². The van der Waals surface area contributed by atoms with Crippen LogP contribution in [-0.2, 0) is 0 Å². The summed E-state index contributed by atoms with van der Waals surface area (Å²) in [6.45, 7) is 4.39. The van der Waals surface area contributed by atoms with Gasteiger partial charge in [0.05, 0.1) is 23.4 Å². The first-order valence-corrected chi connectivity index (χ1v) is 8.02. The van der Waals surface area contributed by atoms with Crippen LogP contribution in [0, 0.1) is 6.92 Å². The predicted octanol–water partition coefficient (Wildman–Crippen LogP) is 4.36. The molecule has 0 atom stereocenters. The summed E-state index contributed by atoms with van der Waals surface area (Å²) in [5.74, 6) is 0.256. The van der Waals surface area contributed by atoms with Crippen LogP contribution in [0.5, 0.6) is 5.75 Å². The number of amides is 1. The quantitative estimate of drug-likeness (QED) is 0.767. The molecule has 5 heteroatoms. The lowest BCUT2D eigenvalue weighted by atomic mass is 10.0. The van der Waals surface area contributed by atoms with Gasteiger partial charge in [0.1, 0.15) is 5.75 Å². The van der Waals surface area contributed by atoms with Gasteiger partial charge in [0.25, 0.3) is 0 Å². The van der Waals surface area contributed by atoms with Crippen molar-refractivity contribution < 1.29 is 9.53 Å². The van der Waals surface area contributed by atoms with Gasteiger partial charge >= 0.3 is 0 Å². The number of aryl methyl sites for hydroxylation is 1. The minimum atomic E-state index is -0.494. The molecule has 1 amide bonds. The molecule has 2 aromatic carbocycles. The Morgan fingerprint density at radius 2 is 2.04 bits per heavy atom. The number of benzene rings is 2. The third-order valence-electron chi connectivity index (χ3n) is 3.87. The van der Waals surface area contributed by atoms with E-state index in [0.717, 1.165) is 16.9 Å². The van der Waals surface area contributed by atoms with E-state index in [1.165, 1.54) is 0 Å². The molecule has 0 saturated carbocycles. The maximum absolute atomic E-state index is 11.9. The van der Waals surface area contributed by atoms with Crippen molar-refractivity contribution in [1.82, 2.24) is 4.98 Å². The fraction of sp³-hybridized carbons (Fsp3) is 0.158. The van der Waals surface area contributed by atoms with Crippen molar-refractivity contribution in [1.29, 1.82) is 0 Å². The lowest BCUT2D eigenvalue weighted by molar-refractivity contribution is 0.100. The van der Waals surface area contributed by atoms with E-state index >= 15 is 0 Å². The molecule has 0 spiro atoms. The van der Waals surface area contributed by atoms with Gasteiger partial charge in [0.2, 0.25) is 5.91 Å². The third kappa shape index (κ3) is 2.93. The van der Waals surface area contributed by atoms with Gasteiger partial charge in [-0.25, -0.2) is 4.98 Å². The predicted molar refractivity (Wildman–Crippen MR) is 96.6 cm³/mol. The van der Waals surface area contributed by atoms with E-state index in [2.05, 4.69) is 0 Å². The summed E-state index contributed by atoms with van der Waals surface area (Å²) in [5, 5.41) is 1.31. The smallest absolute Gasteiger partial charge is 0.249 e. The van der Waals surface area contributed by atoms with Crippen LogP contribution in [0.2, 0.25) is 5.02 Å². The zero-order chi connectivity index (χ0) is 17.3. The molecule has 0 aliphatic carbocycles. The summed E-state index contributed by atoms with van der Waals surface area (Å²) in [5.41, 5.74) is 9.00. The number of pyridine rings is 1. The number of hydrogen-bond donors (Lipinski definition) is 1. The number of primary amides is 1. The number of fused-ring (bicyclic) bond motifs is 1. The summed E-state index contributed by atoms with van der Waals surface area (Å²) in [6, 6.07) is 12.8. The van der Waals surface area contributed by atoms with Crippen LogP contribution in [0.3, 0.4) is 0 Å². The average Bonchev–Trinajstić information content (AvgIpc) is 2.58. The molecule has 0 aliphatic rings. The summed E-state index contributed by atoms with van der Waals surface area (Å²) >= 11 is 6.21. The van der Waals surface area contributed by atoms with Crippen molar-refractivity contribution in [2.24, 2.45) is 5.73 Å². The van der Waals surface area contributed by atoms with Crippen LogP contribution in [0.4, 0.5) is 0 Å². The van der Waals surface area contributed by atoms with E-state index in [1.54, 1.807) is 18.2 Å². The van der Waals surface area contributed by atoms with E-state index in [0.29, 0.717) is 33.8 Å². The fourth-order valence-corrected chi connectivity index (χ4v) is 2.82. The Labute approximate surface area is 145 Å². The molecule has 2 N–H and O–H groups in total. The number of nitrogens with two attached hydrogens (primary N) is 1. The molecule has 0 fully saturated rings. The lowest BCUT2D eigenvalue weighted by Gasteiger charge is -2.11. The standard InChI is InChI=1S/C19H17ClN2O2/c1-3-24-13-6-4-5-12(9-13)17-10-15(19(21)23)14-7-8-16(20)11(2)18(14)22-17/h4-10H,3H2,1-2H3,(H2,21,23). The summed E-state index contributed by atoms with van der Waals surface area (Å²) in [6.07, 6.45) is 0. The third-order valence-corrected chi connectivity index (χ3v) is 4.28. The van der Waals surface area contributed by atoms with E-state index in [9.17, 15) is 4.79 Å². The number of carbonyl (C=O) groups is 1. The van der Waals surface area contributed by atoms with Crippen LogP contribution < -0.4 is 10.5 Å². The van der Waals surface area contributed by atoms with Gasteiger partial charge in [-0.05, 0) is 43.7 Å². The zero-order valence-electron chi connectivity index (χ0n) is 13.5. The molecule has 0 bridgehead atoms. The van der Waals surface area contributed by atoms with E-state index < -0.39 is 5.91 Å². The molecular formula is C19H17ClN2O2. The second-order valence-electron chi connectivity index (χ2n) is 5.45. The number of hydrogen-bond acceptors (Lipinski definition) is 3. The summed E-state index contributed by atoms with van der Waals surface area (Å²) < 4.78 is 5.54. The largest absolute Gasteiger partial charge is 0.494 e. The maximum atomic E-state index is 11.9. The Kier molecular flexibility index (Phi) is 4.40. The Morgan fingerprint density at radius 1 is 1.25 bits per heavy atom. The van der Waals surface area contributed by atoms with Gasteiger partial charge in [-0.1, -0.05) is 29.8 Å². The van der Waals surface area contributed by atoms with Crippen LogP contribution in [-0.4, -0.2) is 17.5 Å². The molecular weight excluding hydrogens is 324 g/mol. The molecule has 0 aliphatic heterocycles. The first kappa shape index (κ1) is 16.3. The highest BCUT2D eigenvalue weighted by atomic mass is 35.5. The van der Waals surface area contributed by atoms with E-state index in [-0.39, 0.29) is 0 Å². The molecule has 122 valence electrons. The van der Waals surface area contributed by atoms with Crippen molar-refractivity contribution >= 4 is 28.4 Å². The SMILES string of the molecule is CCOc1cccc(-c2cc(C(N)=O)c3ccc(Cl)c(C)c3n2)c1. The molecule has 0 radical (unpaired) electrons. The van der Waals surface area contributed by atoms with Crippen molar-refractivity contribution in [3.8, 4) is 17.0 Å². The Morgan fingerprint density at radius 3 is 2.75 bits per heavy atom. The highest BCUT2D eigenvalue weighted by Gasteiger charge is 2.14. The fourth-order valence-electron chi connectivity index (χ4n) is 2.67. The molecule has 3 rings (SSSR count). The zero-order valence-corrected chi connectivity index (χ0v) is 14.2. The number of rotatable bonds is 4. The number of nitrogens with zero attached hydrogens (tertiary/aromatic N) is 1. The molecule has 1 aromatic heterocycles. The number of ether oxygens (including phenoxy) is 1. The van der Waals surface area contributed by atoms with Crippen molar-refractivity contribution in [2.75, 3.05) is 6.61 Å². The molecule has 1 heterocycles. The molecule has 24 heavy (non-hydrogen) atoms. The first-order valence-electron chi connectivity index (χ1n) is 7.64. The highest BCUT2D eigenvalue weighted by Crippen LogP contribution is 2.31. The van der Waals surface area contributed by atoms with Crippen molar-refractivity contribution in [2.45, 2.75) is 13.8 Å². The highest BCUT2D eigenvalue weighted by molar-refractivity contribution is 6.32. The molecule has 4 nitrogen and oxygen atoms in total. The topological polar surface area (TPSA) is 65.2 Å². The monoisotopic (exact) mass is 340 g/mol. The minimum absolute atomic E-state index is 0.427. The Balaban J connectivity index is 2.27. The summed E-state index contributed by atoms with van der Waals surface area (Å²) in [7, 11) is 0. The second kappa shape index (κ2) is 6.49. The van der Waals surface area contributed by atoms with Gasteiger partial charge < -0.3 is 10.5 Å². The second-order valence-corrected chi connectivity index (χ2v) is 5.86. The molecule has 0 unspecified atom stereocenters. The van der Waals surface area contributed by atoms with Crippen LogP contribution in [0.1, 0.15) is 22.8 Å². The number of halogens is 1. The van der Waals surface area contributed by atoms with Crippen LogP contribution in [0.25, 0.3) is 22.2 Å². The number of carbonyl (C=O) groups excluding carboxylic acids is 1. The van der Waals surface area contributed by atoms with Crippen LogP contribution >= 0.6 is 11.6 Å². The first-order chi connectivity index (χ1) is 11.5. The van der Waals surface area contributed by atoms with E-state index in [1.807, 2.05) is 38.1 Å². The Hall–Kier alpha value is -2.59. The van der Waals surface area contributed by atoms with Gasteiger partial charge in [-0.15, -0.1) is 0 Å². The van der Waals surface area contributed by atoms with Crippen molar-refractivity contribution in [3.05, 3.63) is 58.6 Å². The van der Waals surface area contributed by atoms with Gasteiger partial charge in [-0.3, -0.25) is 4.79 Å². The maximum Gasteiger partial charge on any atom is 0.249 e. The number of aromatic nitrogens is 1.